The third-order valence-corrected chi connectivity index (χ3v) is 4.45. The molecular formula is C14H17NO4. The van der Waals surface area contributed by atoms with Crippen LogP contribution in [0.5, 0.6) is 11.8 Å². The molecule has 0 radical (unpaired) electrons. The van der Waals surface area contributed by atoms with Gasteiger partial charge in [-0.2, -0.15) is 0 Å². The van der Waals surface area contributed by atoms with Crippen LogP contribution in [0.2, 0.25) is 0 Å². The highest BCUT2D eigenvalue weighted by molar-refractivity contribution is 5.67. The molecule has 0 fully saturated rings. The van der Waals surface area contributed by atoms with Crippen molar-refractivity contribution >= 4 is 5.97 Å². The average Bonchev–Trinajstić information content (AvgIpc) is 2.83. The van der Waals surface area contributed by atoms with Gasteiger partial charge in [-0.05, 0) is 6.42 Å². The molecule has 0 amide bonds. The normalized spacial score (nSPS) is 30.8. The zero-order valence-electron chi connectivity index (χ0n) is 11.0. The van der Waals surface area contributed by atoms with Crippen molar-refractivity contribution in [3.63, 3.8) is 0 Å². The Morgan fingerprint density at radius 1 is 1.21 bits per heavy atom. The van der Waals surface area contributed by atoms with Gasteiger partial charge in [-0.25, -0.2) is 0 Å². The maximum absolute atomic E-state index is 10.6. The van der Waals surface area contributed by atoms with Crippen molar-refractivity contribution in [3.05, 3.63) is 23.3 Å². The lowest BCUT2D eigenvalue weighted by atomic mass is 9.86. The number of hydrogen-bond donors (Lipinski definition) is 3. The van der Waals surface area contributed by atoms with Crippen LogP contribution in [-0.2, 0) is 22.2 Å². The van der Waals surface area contributed by atoms with Gasteiger partial charge >= 0.3 is 5.97 Å². The monoisotopic (exact) mass is 263 g/mol. The fraction of sp³-hybridized carbons (Fsp3) is 0.500. The summed E-state index contributed by atoms with van der Waals surface area (Å²) in [6.07, 6.45) is 4.84. The summed E-state index contributed by atoms with van der Waals surface area (Å²) in [5.74, 6) is -0.945. The number of aromatic nitrogens is 1. The Labute approximate surface area is 110 Å². The first kappa shape index (κ1) is 12.1. The van der Waals surface area contributed by atoms with Gasteiger partial charge in [-0.3, -0.25) is 9.36 Å². The standard InChI is InChI=1S/C14H17NO4/c1-13-4-5-14(2,7-13)10-9(13)11(18)15(12(10)19)6-3-8(16)17/h4-5,18-19H,3,6-7H2,1-2H3,(H,16,17). The van der Waals surface area contributed by atoms with E-state index >= 15 is 0 Å². The molecule has 5 heteroatoms. The number of carboxylic acid groups (broad SMARTS) is 1. The van der Waals surface area contributed by atoms with Crippen LogP contribution in [0.3, 0.4) is 0 Å². The predicted octanol–water partition coefficient (Wildman–Crippen LogP) is 1.86. The van der Waals surface area contributed by atoms with E-state index in [0.717, 1.165) is 17.5 Å². The second-order valence-corrected chi connectivity index (χ2v) is 6.04. The van der Waals surface area contributed by atoms with Crippen molar-refractivity contribution in [1.82, 2.24) is 4.57 Å². The number of nitrogens with zero attached hydrogens (tertiary/aromatic N) is 1. The molecule has 102 valence electrons. The minimum absolute atomic E-state index is 0.00400. The first-order valence-electron chi connectivity index (χ1n) is 6.36. The van der Waals surface area contributed by atoms with Crippen molar-refractivity contribution in [2.24, 2.45) is 0 Å². The second kappa shape index (κ2) is 3.35. The van der Waals surface area contributed by atoms with Crippen molar-refractivity contribution < 1.29 is 20.1 Å². The van der Waals surface area contributed by atoms with Gasteiger partial charge in [0.05, 0.1) is 6.42 Å². The Balaban J connectivity index is 2.12. The summed E-state index contributed by atoms with van der Waals surface area (Å²) in [6, 6.07) is 0. The molecule has 0 aromatic carbocycles. The van der Waals surface area contributed by atoms with Crippen LogP contribution in [0, 0.1) is 0 Å². The fourth-order valence-corrected chi connectivity index (χ4v) is 3.69. The quantitative estimate of drug-likeness (QED) is 0.727. The molecule has 1 aromatic rings. The van der Waals surface area contributed by atoms with Gasteiger partial charge < -0.3 is 15.3 Å². The molecule has 5 nitrogen and oxygen atoms in total. The first-order chi connectivity index (χ1) is 8.78. The molecule has 2 atom stereocenters. The number of aliphatic carboxylic acids is 1. The van der Waals surface area contributed by atoms with Crippen LogP contribution in [0.15, 0.2) is 12.2 Å². The highest BCUT2D eigenvalue weighted by Crippen LogP contribution is 2.62. The van der Waals surface area contributed by atoms with Crippen molar-refractivity contribution in [2.75, 3.05) is 0 Å². The van der Waals surface area contributed by atoms with Gasteiger partial charge in [-0.1, -0.05) is 26.0 Å². The predicted molar refractivity (Wildman–Crippen MR) is 68.5 cm³/mol. The van der Waals surface area contributed by atoms with Crippen LogP contribution >= 0.6 is 0 Å². The molecular weight excluding hydrogens is 246 g/mol. The van der Waals surface area contributed by atoms with E-state index in [4.69, 9.17) is 5.11 Å². The number of rotatable bonds is 3. The van der Waals surface area contributed by atoms with Crippen LogP contribution in [-0.4, -0.2) is 25.9 Å². The van der Waals surface area contributed by atoms with Crippen LogP contribution < -0.4 is 0 Å². The smallest absolute Gasteiger partial charge is 0.305 e. The SMILES string of the molecule is CC12C=CC(C)(C1)c1c2c(O)n(CCC(=O)O)c1O. The fourth-order valence-electron chi connectivity index (χ4n) is 3.69. The van der Waals surface area contributed by atoms with E-state index in [1.165, 1.54) is 4.57 Å². The molecule has 2 bridgehead atoms. The molecule has 0 aliphatic heterocycles. The Morgan fingerprint density at radius 3 is 2.11 bits per heavy atom. The van der Waals surface area contributed by atoms with E-state index in [0.29, 0.717) is 0 Å². The molecule has 3 N–H and O–H groups in total. The Morgan fingerprint density at radius 2 is 1.68 bits per heavy atom. The minimum Gasteiger partial charge on any atom is -0.494 e. The zero-order valence-corrected chi connectivity index (χ0v) is 11.0. The van der Waals surface area contributed by atoms with E-state index in [2.05, 4.69) is 12.2 Å². The molecule has 2 aliphatic carbocycles. The molecule has 2 aliphatic rings. The Kier molecular flexibility index (Phi) is 2.14. The summed E-state index contributed by atoms with van der Waals surface area (Å²) >= 11 is 0. The van der Waals surface area contributed by atoms with Crippen molar-refractivity contribution in [1.29, 1.82) is 0 Å². The number of hydrogen-bond acceptors (Lipinski definition) is 3. The third-order valence-electron chi connectivity index (χ3n) is 4.45. The highest BCUT2D eigenvalue weighted by Gasteiger charge is 2.54. The molecule has 1 heterocycles. The van der Waals surface area contributed by atoms with E-state index in [9.17, 15) is 15.0 Å². The molecule has 0 saturated heterocycles. The van der Waals surface area contributed by atoms with Crippen LogP contribution in [0.1, 0.15) is 37.8 Å². The Bertz CT molecular complexity index is 574. The minimum atomic E-state index is -0.953. The van der Waals surface area contributed by atoms with Gasteiger partial charge in [0.2, 0.25) is 0 Å². The van der Waals surface area contributed by atoms with Crippen LogP contribution in [0.25, 0.3) is 0 Å². The van der Waals surface area contributed by atoms with Gasteiger partial charge in [0.1, 0.15) is 0 Å². The summed E-state index contributed by atoms with van der Waals surface area (Å²) in [7, 11) is 0. The van der Waals surface area contributed by atoms with Crippen molar-refractivity contribution in [2.45, 2.75) is 44.1 Å². The number of allylic oxidation sites excluding steroid dienone is 2. The highest BCUT2D eigenvalue weighted by atomic mass is 16.4. The number of carbonyl (C=O) groups is 1. The molecule has 3 rings (SSSR count). The first-order valence-corrected chi connectivity index (χ1v) is 6.36. The largest absolute Gasteiger partial charge is 0.494 e. The molecule has 0 saturated carbocycles. The van der Waals surface area contributed by atoms with Crippen LogP contribution in [0.4, 0.5) is 0 Å². The lowest BCUT2D eigenvalue weighted by Crippen LogP contribution is -2.15. The number of fused-ring (bicyclic) bond motifs is 5. The molecule has 0 spiro atoms. The average molecular weight is 263 g/mol. The second-order valence-electron chi connectivity index (χ2n) is 6.04. The van der Waals surface area contributed by atoms with Gasteiger partial charge in [-0.15, -0.1) is 0 Å². The Hall–Kier alpha value is -1.91. The molecule has 2 unspecified atom stereocenters. The van der Waals surface area contributed by atoms with Gasteiger partial charge in [0, 0.05) is 28.5 Å². The lowest BCUT2D eigenvalue weighted by molar-refractivity contribution is -0.137. The molecule has 19 heavy (non-hydrogen) atoms. The lowest BCUT2D eigenvalue weighted by Gasteiger charge is -2.19. The summed E-state index contributed by atoms with van der Waals surface area (Å²) in [5.41, 5.74) is 0.973. The topological polar surface area (TPSA) is 82.7 Å². The maximum atomic E-state index is 10.6. The third kappa shape index (κ3) is 1.38. The van der Waals surface area contributed by atoms with E-state index in [-0.39, 0.29) is 35.6 Å². The number of carboxylic acids is 1. The number of aromatic hydroxyl groups is 2. The summed E-state index contributed by atoms with van der Waals surface area (Å²) in [6.45, 7) is 4.13. The van der Waals surface area contributed by atoms with E-state index < -0.39 is 5.97 Å². The summed E-state index contributed by atoms with van der Waals surface area (Å²) < 4.78 is 1.31. The maximum Gasteiger partial charge on any atom is 0.305 e. The zero-order chi connectivity index (χ0) is 14.0. The summed E-state index contributed by atoms with van der Waals surface area (Å²) in [4.78, 5) is 10.6. The van der Waals surface area contributed by atoms with Gasteiger partial charge in [0.15, 0.2) is 11.8 Å². The van der Waals surface area contributed by atoms with Crippen molar-refractivity contribution in [3.8, 4) is 11.8 Å². The summed E-state index contributed by atoms with van der Waals surface area (Å²) in [5, 5.41) is 29.4. The van der Waals surface area contributed by atoms with Gasteiger partial charge in [0.25, 0.3) is 0 Å². The van der Waals surface area contributed by atoms with E-state index in [1.807, 2.05) is 13.8 Å². The van der Waals surface area contributed by atoms with E-state index in [1.54, 1.807) is 0 Å². The molecule has 1 aromatic heterocycles.